The molecule has 12 heteroatoms. The molecule has 0 spiro atoms. The van der Waals surface area contributed by atoms with E-state index < -0.39 is 26.7 Å². The first-order chi connectivity index (χ1) is 12.2. The van der Waals surface area contributed by atoms with Crippen molar-refractivity contribution in [1.29, 1.82) is 0 Å². The molecule has 1 aromatic carbocycles. The zero-order valence-corrected chi connectivity index (χ0v) is 14.6. The van der Waals surface area contributed by atoms with Crippen LogP contribution in [0.3, 0.4) is 0 Å². The summed E-state index contributed by atoms with van der Waals surface area (Å²) in [5, 5.41) is 13.1. The number of nitro benzene ring substituents is 1. The summed E-state index contributed by atoms with van der Waals surface area (Å²) in [5.41, 5.74) is 0.0891. The number of hydrogen-bond donors (Lipinski definition) is 2. The molecule has 0 radical (unpaired) electrons. The van der Waals surface area contributed by atoms with E-state index in [9.17, 15) is 23.3 Å². The minimum absolute atomic E-state index is 0.0497. The van der Waals surface area contributed by atoms with Gasteiger partial charge in [-0.05, 0) is 6.92 Å². The standard InChI is InChI=1S/C14H15N5O6S/c1-9-7-12(25-2)16-13(15-9)17-14(20)18-26(23,24)8-10-5-3-4-6-11(10)19(21)22/h3-7H,8H2,1-2H3,(H2,15,16,17,18,20). The smallest absolute Gasteiger partial charge is 0.335 e. The number of hydrogen-bond acceptors (Lipinski definition) is 8. The SMILES string of the molecule is COc1cc(C)nc(NC(=O)NS(=O)(=O)Cc2ccccc2[N+](=O)[O-])n1. The van der Waals surface area contributed by atoms with Crippen LogP contribution >= 0.6 is 0 Å². The number of carbonyl (C=O) groups is 1. The first-order valence-corrected chi connectivity index (χ1v) is 8.79. The summed E-state index contributed by atoms with van der Waals surface area (Å²) in [4.78, 5) is 29.9. The molecule has 0 bridgehead atoms. The van der Waals surface area contributed by atoms with Crippen LogP contribution in [0.15, 0.2) is 30.3 Å². The molecule has 0 saturated heterocycles. The van der Waals surface area contributed by atoms with Gasteiger partial charge in [0.1, 0.15) is 5.75 Å². The van der Waals surface area contributed by atoms with Crippen molar-refractivity contribution < 1.29 is 22.9 Å². The number of rotatable bonds is 6. The maximum absolute atomic E-state index is 12.1. The molecule has 0 aliphatic carbocycles. The third-order valence-corrected chi connectivity index (χ3v) is 4.23. The maximum atomic E-state index is 12.1. The number of aromatic nitrogens is 2. The van der Waals surface area contributed by atoms with E-state index in [1.165, 1.54) is 37.4 Å². The second kappa shape index (κ2) is 7.74. The Hall–Kier alpha value is -3.28. The molecule has 0 unspecified atom stereocenters. The van der Waals surface area contributed by atoms with Gasteiger partial charge in [0.2, 0.25) is 21.9 Å². The van der Waals surface area contributed by atoms with Gasteiger partial charge in [-0.1, -0.05) is 18.2 Å². The van der Waals surface area contributed by atoms with Gasteiger partial charge in [-0.25, -0.2) is 22.9 Å². The van der Waals surface area contributed by atoms with E-state index in [1.54, 1.807) is 11.6 Å². The van der Waals surface area contributed by atoms with Crippen molar-refractivity contribution >= 4 is 27.7 Å². The van der Waals surface area contributed by atoms with Gasteiger partial charge < -0.3 is 4.74 Å². The number of nitrogens with zero attached hydrogens (tertiary/aromatic N) is 3. The lowest BCUT2D eigenvalue weighted by Gasteiger charge is -2.09. The highest BCUT2D eigenvalue weighted by Gasteiger charge is 2.22. The van der Waals surface area contributed by atoms with Gasteiger partial charge >= 0.3 is 6.03 Å². The van der Waals surface area contributed by atoms with Crippen molar-refractivity contribution in [2.24, 2.45) is 0 Å². The fraction of sp³-hybridized carbons (Fsp3) is 0.214. The van der Waals surface area contributed by atoms with Crippen LogP contribution in [-0.2, 0) is 15.8 Å². The van der Waals surface area contributed by atoms with Crippen LogP contribution in [0, 0.1) is 17.0 Å². The summed E-state index contributed by atoms with van der Waals surface area (Å²) in [6.45, 7) is 1.64. The van der Waals surface area contributed by atoms with Crippen LogP contribution in [0.4, 0.5) is 16.4 Å². The van der Waals surface area contributed by atoms with E-state index in [0.717, 1.165) is 0 Å². The van der Waals surface area contributed by atoms with E-state index in [-0.39, 0.29) is 23.1 Å². The summed E-state index contributed by atoms with van der Waals surface area (Å²) < 4.78 is 30.9. The minimum Gasteiger partial charge on any atom is -0.481 e. The van der Waals surface area contributed by atoms with Crippen molar-refractivity contribution in [1.82, 2.24) is 14.7 Å². The maximum Gasteiger partial charge on any atom is 0.335 e. The molecule has 0 saturated carbocycles. The molecule has 2 amide bonds. The van der Waals surface area contributed by atoms with Gasteiger partial charge in [-0.3, -0.25) is 15.4 Å². The number of urea groups is 1. The predicted molar refractivity (Wildman–Crippen MR) is 91.2 cm³/mol. The Morgan fingerprint density at radius 3 is 2.65 bits per heavy atom. The largest absolute Gasteiger partial charge is 0.481 e. The molecule has 11 nitrogen and oxygen atoms in total. The minimum atomic E-state index is -4.19. The van der Waals surface area contributed by atoms with Crippen molar-refractivity contribution in [2.45, 2.75) is 12.7 Å². The van der Waals surface area contributed by atoms with Crippen LogP contribution in [-0.4, -0.2) is 36.4 Å². The molecule has 2 aromatic rings. The van der Waals surface area contributed by atoms with Gasteiger partial charge in [-0.2, -0.15) is 4.98 Å². The number of methoxy groups -OCH3 is 1. The van der Waals surface area contributed by atoms with Crippen LogP contribution in [0.2, 0.25) is 0 Å². The predicted octanol–water partition coefficient (Wildman–Crippen LogP) is 1.35. The number of benzene rings is 1. The Labute approximate surface area is 148 Å². The lowest BCUT2D eigenvalue weighted by Crippen LogP contribution is -2.35. The van der Waals surface area contributed by atoms with Crippen LogP contribution < -0.4 is 14.8 Å². The number of anilines is 1. The Kier molecular flexibility index (Phi) is 5.67. The fourth-order valence-corrected chi connectivity index (χ4v) is 3.08. The summed E-state index contributed by atoms with van der Waals surface area (Å²) in [6.07, 6.45) is 0. The highest BCUT2D eigenvalue weighted by Crippen LogP contribution is 2.19. The van der Waals surface area contributed by atoms with E-state index in [4.69, 9.17) is 4.74 Å². The van der Waals surface area contributed by atoms with E-state index >= 15 is 0 Å². The Balaban J connectivity index is 2.11. The van der Waals surface area contributed by atoms with Gasteiger partial charge in [0.15, 0.2) is 0 Å². The number of nitro groups is 1. The highest BCUT2D eigenvalue weighted by atomic mass is 32.2. The Morgan fingerprint density at radius 2 is 2.00 bits per heavy atom. The molecule has 0 atom stereocenters. The number of carbonyl (C=O) groups excluding carboxylic acids is 1. The first kappa shape index (κ1) is 19.1. The fourth-order valence-electron chi connectivity index (χ4n) is 2.02. The molecule has 1 heterocycles. The molecule has 2 rings (SSSR count). The topological polar surface area (TPSA) is 153 Å². The summed E-state index contributed by atoms with van der Waals surface area (Å²) >= 11 is 0. The summed E-state index contributed by atoms with van der Waals surface area (Å²) in [6, 6.07) is 5.77. The van der Waals surface area contributed by atoms with Crippen molar-refractivity contribution in [3.63, 3.8) is 0 Å². The average molecular weight is 381 g/mol. The monoisotopic (exact) mass is 381 g/mol. The first-order valence-electron chi connectivity index (χ1n) is 7.13. The van der Waals surface area contributed by atoms with Crippen LogP contribution in [0.25, 0.3) is 0 Å². The molecule has 1 aromatic heterocycles. The van der Waals surface area contributed by atoms with E-state index in [0.29, 0.717) is 5.69 Å². The summed E-state index contributed by atoms with van der Waals surface area (Å²) in [5.74, 6) is -0.703. The quantitative estimate of drug-likeness (QED) is 0.561. The molecule has 2 N–H and O–H groups in total. The Bertz CT molecular complexity index is 947. The highest BCUT2D eigenvalue weighted by molar-refractivity contribution is 7.89. The van der Waals surface area contributed by atoms with Crippen molar-refractivity contribution in [3.05, 3.63) is 51.7 Å². The number of nitrogens with one attached hydrogen (secondary N) is 2. The average Bonchev–Trinajstić information content (AvgIpc) is 2.53. The number of ether oxygens (including phenoxy) is 1. The molecule has 138 valence electrons. The van der Waals surface area contributed by atoms with Crippen molar-refractivity contribution in [3.8, 4) is 5.88 Å². The van der Waals surface area contributed by atoms with Gasteiger partial charge in [-0.15, -0.1) is 0 Å². The number of para-hydroxylation sites is 1. The lowest BCUT2D eigenvalue weighted by molar-refractivity contribution is -0.385. The number of amides is 2. The van der Waals surface area contributed by atoms with Crippen molar-refractivity contribution in [2.75, 3.05) is 12.4 Å². The number of sulfonamides is 1. The Morgan fingerprint density at radius 1 is 1.31 bits per heavy atom. The van der Waals surface area contributed by atoms with Gasteiger partial charge in [0, 0.05) is 23.4 Å². The second-order valence-corrected chi connectivity index (χ2v) is 6.80. The zero-order chi connectivity index (χ0) is 19.3. The zero-order valence-electron chi connectivity index (χ0n) is 13.8. The van der Waals surface area contributed by atoms with E-state index in [1.807, 2.05) is 0 Å². The lowest BCUT2D eigenvalue weighted by atomic mass is 10.2. The number of aryl methyl sites for hydroxylation is 1. The van der Waals surface area contributed by atoms with Crippen LogP contribution in [0.5, 0.6) is 5.88 Å². The normalized spacial score (nSPS) is 10.8. The molecular weight excluding hydrogens is 366 g/mol. The molecule has 0 aliphatic rings. The van der Waals surface area contributed by atoms with Crippen LogP contribution in [0.1, 0.15) is 11.3 Å². The van der Waals surface area contributed by atoms with E-state index in [2.05, 4.69) is 15.3 Å². The molecule has 0 aliphatic heterocycles. The molecule has 26 heavy (non-hydrogen) atoms. The van der Waals surface area contributed by atoms with Gasteiger partial charge in [0.05, 0.1) is 12.0 Å². The third kappa shape index (κ3) is 5.11. The van der Waals surface area contributed by atoms with Gasteiger partial charge in [0.25, 0.3) is 5.69 Å². The second-order valence-electron chi connectivity index (χ2n) is 5.08. The third-order valence-electron chi connectivity index (χ3n) is 3.05. The molecule has 0 fully saturated rings. The summed E-state index contributed by atoms with van der Waals surface area (Å²) in [7, 11) is -2.81. The molecular formula is C14H15N5O6S.